The van der Waals surface area contributed by atoms with E-state index in [0.29, 0.717) is 13.1 Å². The van der Waals surface area contributed by atoms with E-state index in [2.05, 4.69) is 9.97 Å². The van der Waals surface area contributed by atoms with Gasteiger partial charge in [-0.05, 0) is 48.7 Å². The fraction of sp³-hybridized carbons (Fsp3) is 0.273. The molecule has 0 spiro atoms. The molecule has 1 atom stereocenters. The number of halogens is 1. The number of carbonyl (C=O) groups is 1. The number of hydrogen-bond donors (Lipinski definition) is 1. The van der Waals surface area contributed by atoms with Crippen molar-refractivity contribution in [2.75, 3.05) is 18.8 Å². The lowest BCUT2D eigenvalue weighted by molar-refractivity contribution is -0.129. The lowest BCUT2D eigenvalue weighted by Gasteiger charge is -2.17. The van der Waals surface area contributed by atoms with E-state index in [1.54, 1.807) is 24.5 Å². The highest BCUT2D eigenvalue weighted by molar-refractivity contribution is 5.79. The number of nitrogen functional groups attached to an aromatic ring is 1. The Morgan fingerprint density at radius 1 is 1.17 bits per heavy atom. The second-order valence-electron chi connectivity index (χ2n) is 7.38. The number of benzene rings is 1. The monoisotopic (exact) mass is 391 g/mol. The van der Waals surface area contributed by atoms with Gasteiger partial charge in [0.25, 0.3) is 0 Å². The van der Waals surface area contributed by atoms with E-state index in [-0.39, 0.29) is 30.0 Å². The Hall–Kier alpha value is -3.35. The van der Waals surface area contributed by atoms with Crippen LogP contribution >= 0.6 is 0 Å². The van der Waals surface area contributed by atoms with Crippen LogP contribution in [0.15, 0.2) is 48.8 Å². The molecule has 3 aromatic rings. The van der Waals surface area contributed by atoms with Crippen molar-refractivity contribution in [1.29, 1.82) is 0 Å². The topological polar surface area (TPSA) is 85.0 Å². The minimum Gasteiger partial charge on any atom is -0.368 e. The Morgan fingerprint density at radius 3 is 2.62 bits per heavy atom. The standard InChI is InChI=1S/C22H22FN5O/c1-14-8-17(18-11-25-22(24)26-12-18)10-20(27-14)16-6-7-28(13-16)21(29)9-15-2-4-19(23)5-3-15/h2-5,8,10-12,16H,6-7,9,13H2,1H3,(H2,24,25,26)/t16-/m1/s1. The molecule has 1 amide bonds. The quantitative estimate of drug-likeness (QED) is 0.739. The third-order valence-corrected chi connectivity index (χ3v) is 5.21. The molecule has 0 saturated carbocycles. The molecule has 1 aliphatic rings. The molecule has 148 valence electrons. The maximum atomic E-state index is 13.1. The lowest BCUT2D eigenvalue weighted by Crippen LogP contribution is -2.30. The van der Waals surface area contributed by atoms with Crippen LogP contribution < -0.4 is 5.73 Å². The number of anilines is 1. The number of aromatic nitrogens is 3. The molecule has 0 bridgehead atoms. The van der Waals surface area contributed by atoms with Gasteiger partial charge in [0.15, 0.2) is 0 Å². The summed E-state index contributed by atoms with van der Waals surface area (Å²) in [5.74, 6) is 0.181. The summed E-state index contributed by atoms with van der Waals surface area (Å²) in [5, 5.41) is 0. The number of pyridine rings is 1. The minimum absolute atomic E-state index is 0.0546. The van der Waals surface area contributed by atoms with Gasteiger partial charge in [-0.2, -0.15) is 0 Å². The molecule has 1 aromatic carbocycles. The number of carbonyl (C=O) groups excluding carboxylic acids is 1. The Labute approximate surface area is 168 Å². The van der Waals surface area contributed by atoms with Crippen molar-refractivity contribution in [2.45, 2.75) is 25.7 Å². The maximum absolute atomic E-state index is 13.1. The van der Waals surface area contributed by atoms with Gasteiger partial charge in [0.2, 0.25) is 11.9 Å². The molecule has 1 aliphatic heterocycles. The van der Waals surface area contributed by atoms with Gasteiger partial charge >= 0.3 is 0 Å². The van der Waals surface area contributed by atoms with E-state index in [1.165, 1.54) is 12.1 Å². The molecule has 2 N–H and O–H groups in total. The summed E-state index contributed by atoms with van der Waals surface area (Å²) in [6.45, 7) is 3.28. The van der Waals surface area contributed by atoms with Crippen LogP contribution in [-0.2, 0) is 11.2 Å². The Balaban J connectivity index is 1.47. The predicted molar refractivity (Wildman–Crippen MR) is 108 cm³/mol. The zero-order chi connectivity index (χ0) is 20.4. The number of nitrogens with zero attached hydrogens (tertiary/aromatic N) is 4. The second-order valence-corrected chi connectivity index (χ2v) is 7.38. The Kier molecular flexibility index (Phi) is 5.20. The van der Waals surface area contributed by atoms with Gasteiger partial charge in [-0.25, -0.2) is 14.4 Å². The van der Waals surface area contributed by atoms with Crippen molar-refractivity contribution in [3.63, 3.8) is 0 Å². The average molecular weight is 391 g/mol. The van der Waals surface area contributed by atoms with Crippen LogP contribution in [0.1, 0.15) is 29.3 Å². The van der Waals surface area contributed by atoms with E-state index in [9.17, 15) is 9.18 Å². The molecule has 2 aromatic heterocycles. The number of rotatable bonds is 4. The summed E-state index contributed by atoms with van der Waals surface area (Å²) in [6.07, 6.45) is 4.55. The highest BCUT2D eigenvalue weighted by Gasteiger charge is 2.28. The first-order valence-corrected chi connectivity index (χ1v) is 9.56. The molecule has 0 aliphatic carbocycles. The zero-order valence-electron chi connectivity index (χ0n) is 16.2. The second kappa shape index (κ2) is 7.95. The molecule has 6 nitrogen and oxygen atoms in total. The average Bonchev–Trinajstić information content (AvgIpc) is 3.20. The molecule has 1 saturated heterocycles. The molecule has 3 heterocycles. The molecule has 4 rings (SSSR count). The van der Waals surface area contributed by atoms with Crippen molar-refractivity contribution >= 4 is 11.9 Å². The summed E-state index contributed by atoms with van der Waals surface area (Å²) < 4.78 is 13.1. The minimum atomic E-state index is -0.296. The van der Waals surface area contributed by atoms with Crippen molar-refractivity contribution in [3.8, 4) is 11.1 Å². The zero-order valence-corrected chi connectivity index (χ0v) is 16.2. The predicted octanol–water partition coefficient (Wildman–Crippen LogP) is 3.13. The van der Waals surface area contributed by atoms with E-state index >= 15 is 0 Å². The number of aryl methyl sites for hydroxylation is 1. The highest BCUT2D eigenvalue weighted by Crippen LogP contribution is 2.30. The lowest BCUT2D eigenvalue weighted by atomic mass is 10.00. The molecular weight excluding hydrogens is 369 g/mol. The van der Waals surface area contributed by atoms with Gasteiger partial charge in [-0.3, -0.25) is 9.78 Å². The molecule has 0 unspecified atom stereocenters. The SMILES string of the molecule is Cc1cc(-c2cnc(N)nc2)cc([C@@H]2CCN(C(=O)Cc3ccc(F)cc3)C2)n1. The van der Waals surface area contributed by atoms with Crippen molar-refractivity contribution in [1.82, 2.24) is 19.9 Å². The van der Waals surface area contributed by atoms with Crippen LogP contribution in [0.25, 0.3) is 11.1 Å². The molecule has 7 heteroatoms. The number of hydrogen-bond acceptors (Lipinski definition) is 5. The third kappa shape index (κ3) is 4.39. The summed E-state index contributed by atoms with van der Waals surface area (Å²) in [4.78, 5) is 27.3. The summed E-state index contributed by atoms with van der Waals surface area (Å²) in [5.41, 5.74) is 10.1. The smallest absolute Gasteiger partial charge is 0.227 e. The van der Waals surface area contributed by atoms with Gasteiger partial charge in [-0.15, -0.1) is 0 Å². The van der Waals surface area contributed by atoms with E-state index in [1.807, 2.05) is 24.0 Å². The molecule has 1 fully saturated rings. The normalized spacial score (nSPS) is 16.2. The van der Waals surface area contributed by atoms with Crippen molar-refractivity contribution < 1.29 is 9.18 Å². The van der Waals surface area contributed by atoms with Crippen molar-refractivity contribution in [3.05, 3.63) is 71.6 Å². The third-order valence-electron chi connectivity index (χ3n) is 5.21. The largest absolute Gasteiger partial charge is 0.368 e. The Bertz CT molecular complexity index is 1020. The Morgan fingerprint density at radius 2 is 1.90 bits per heavy atom. The fourth-order valence-corrected chi connectivity index (χ4v) is 3.67. The maximum Gasteiger partial charge on any atom is 0.227 e. The fourth-order valence-electron chi connectivity index (χ4n) is 3.67. The van der Waals surface area contributed by atoms with E-state index < -0.39 is 0 Å². The van der Waals surface area contributed by atoms with Crippen LogP contribution in [-0.4, -0.2) is 38.8 Å². The van der Waals surface area contributed by atoms with Crippen LogP contribution in [0.3, 0.4) is 0 Å². The van der Waals surface area contributed by atoms with Crippen molar-refractivity contribution in [2.24, 2.45) is 0 Å². The number of likely N-dealkylation sites (tertiary alicyclic amines) is 1. The van der Waals surface area contributed by atoms with Gasteiger partial charge < -0.3 is 10.6 Å². The number of amides is 1. The van der Waals surface area contributed by atoms with Crippen LogP contribution in [0, 0.1) is 12.7 Å². The molecule has 29 heavy (non-hydrogen) atoms. The van der Waals surface area contributed by atoms with Crippen LogP contribution in [0.2, 0.25) is 0 Å². The van der Waals surface area contributed by atoms with Crippen LogP contribution in [0.5, 0.6) is 0 Å². The van der Waals surface area contributed by atoms with E-state index in [4.69, 9.17) is 10.7 Å². The summed E-state index contributed by atoms with van der Waals surface area (Å²) in [7, 11) is 0. The summed E-state index contributed by atoms with van der Waals surface area (Å²) >= 11 is 0. The first-order chi connectivity index (χ1) is 14.0. The molecule has 0 radical (unpaired) electrons. The van der Waals surface area contributed by atoms with Gasteiger partial charge in [0, 0.05) is 48.4 Å². The van der Waals surface area contributed by atoms with E-state index in [0.717, 1.165) is 34.5 Å². The van der Waals surface area contributed by atoms with Gasteiger partial charge in [0.05, 0.1) is 6.42 Å². The first kappa shape index (κ1) is 19.0. The highest BCUT2D eigenvalue weighted by atomic mass is 19.1. The first-order valence-electron chi connectivity index (χ1n) is 9.56. The molecular formula is C22H22FN5O. The van der Waals surface area contributed by atoms with Crippen LogP contribution in [0.4, 0.5) is 10.3 Å². The summed E-state index contributed by atoms with van der Waals surface area (Å²) in [6, 6.07) is 10.1. The number of nitrogens with two attached hydrogens (primary N) is 1. The van der Waals surface area contributed by atoms with Gasteiger partial charge in [-0.1, -0.05) is 12.1 Å². The van der Waals surface area contributed by atoms with Gasteiger partial charge in [0.1, 0.15) is 5.82 Å².